The maximum Gasteiger partial charge on any atom is 0.195 e. The van der Waals surface area contributed by atoms with Crippen molar-refractivity contribution >= 4 is 5.69 Å². The molecule has 0 aliphatic rings. The highest BCUT2D eigenvalue weighted by molar-refractivity contribution is 5.72. The van der Waals surface area contributed by atoms with Crippen molar-refractivity contribution in [2.45, 2.75) is 0 Å². The molecule has 0 radical (unpaired) electrons. The van der Waals surface area contributed by atoms with Crippen molar-refractivity contribution in [1.82, 2.24) is 4.98 Å². The quantitative estimate of drug-likeness (QED) is 0.756. The summed E-state index contributed by atoms with van der Waals surface area (Å²) >= 11 is 0. The predicted molar refractivity (Wildman–Crippen MR) is 54.0 cm³/mol. The van der Waals surface area contributed by atoms with Crippen molar-refractivity contribution in [3.63, 3.8) is 0 Å². The second-order valence-corrected chi connectivity index (χ2v) is 3.16. The summed E-state index contributed by atoms with van der Waals surface area (Å²) in [6.45, 7) is 0. The molecule has 0 aliphatic heterocycles. The number of rotatable bonds is 1. The molecule has 0 saturated carbocycles. The molecular formula is C11H7F3N2. The van der Waals surface area contributed by atoms with Crippen LogP contribution in [0.25, 0.3) is 11.3 Å². The second kappa shape index (κ2) is 3.84. The molecule has 16 heavy (non-hydrogen) atoms. The van der Waals surface area contributed by atoms with Crippen LogP contribution in [0.1, 0.15) is 0 Å². The molecule has 0 atom stereocenters. The van der Waals surface area contributed by atoms with Crippen LogP contribution >= 0.6 is 0 Å². The van der Waals surface area contributed by atoms with Crippen LogP contribution in [-0.2, 0) is 0 Å². The molecule has 5 heteroatoms. The van der Waals surface area contributed by atoms with Gasteiger partial charge in [-0.15, -0.1) is 0 Å². The minimum Gasteiger partial charge on any atom is -0.397 e. The smallest absolute Gasteiger partial charge is 0.195 e. The molecule has 2 N–H and O–H groups in total. The summed E-state index contributed by atoms with van der Waals surface area (Å²) in [5.41, 5.74) is 5.71. The van der Waals surface area contributed by atoms with Crippen LogP contribution in [0.5, 0.6) is 0 Å². The van der Waals surface area contributed by atoms with Gasteiger partial charge in [0.15, 0.2) is 17.5 Å². The lowest BCUT2D eigenvalue weighted by Gasteiger charge is -2.06. The van der Waals surface area contributed by atoms with E-state index in [1.807, 2.05) is 0 Å². The number of pyridine rings is 1. The Morgan fingerprint density at radius 2 is 1.75 bits per heavy atom. The van der Waals surface area contributed by atoms with Crippen LogP contribution in [0, 0.1) is 17.5 Å². The van der Waals surface area contributed by atoms with E-state index < -0.39 is 17.5 Å². The van der Waals surface area contributed by atoms with Crippen molar-refractivity contribution in [3.05, 3.63) is 47.9 Å². The SMILES string of the molecule is Nc1cccnc1-c1ccc(F)c(F)c1F. The number of nitrogens with zero attached hydrogens (tertiary/aromatic N) is 1. The van der Waals surface area contributed by atoms with Gasteiger partial charge in [-0.1, -0.05) is 0 Å². The molecular weight excluding hydrogens is 217 g/mol. The van der Waals surface area contributed by atoms with E-state index in [-0.39, 0.29) is 16.9 Å². The number of nitrogen functional groups attached to an aromatic ring is 1. The van der Waals surface area contributed by atoms with Crippen molar-refractivity contribution in [3.8, 4) is 11.3 Å². The highest BCUT2D eigenvalue weighted by atomic mass is 19.2. The Morgan fingerprint density at radius 3 is 2.44 bits per heavy atom. The summed E-state index contributed by atoms with van der Waals surface area (Å²) < 4.78 is 39.1. The van der Waals surface area contributed by atoms with Crippen LogP contribution in [0.3, 0.4) is 0 Å². The largest absolute Gasteiger partial charge is 0.397 e. The topological polar surface area (TPSA) is 38.9 Å². The van der Waals surface area contributed by atoms with Gasteiger partial charge in [0, 0.05) is 11.8 Å². The third kappa shape index (κ3) is 1.60. The summed E-state index contributed by atoms with van der Waals surface area (Å²) in [6.07, 6.45) is 1.40. The Labute approximate surface area is 89.5 Å². The van der Waals surface area contributed by atoms with Crippen LogP contribution < -0.4 is 5.73 Å². The zero-order chi connectivity index (χ0) is 11.7. The van der Waals surface area contributed by atoms with Gasteiger partial charge in [-0.05, 0) is 24.3 Å². The Bertz CT molecular complexity index is 541. The van der Waals surface area contributed by atoms with E-state index in [0.717, 1.165) is 12.1 Å². The van der Waals surface area contributed by atoms with Crippen molar-refractivity contribution in [2.24, 2.45) is 0 Å². The van der Waals surface area contributed by atoms with Crippen LogP contribution in [0.2, 0.25) is 0 Å². The number of halogens is 3. The highest BCUT2D eigenvalue weighted by Crippen LogP contribution is 2.27. The van der Waals surface area contributed by atoms with E-state index in [1.165, 1.54) is 12.3 Å². The minimum absolute atomic E-state index is 0.0962. The molecule has 0 amide bonds. The first kappa shape index (κ1) is 10.5. The number of anilines is 1. The Balaban J connectivity index is 2.66. The van der Waals surface area contributed by atoms with E-state index in [1.54, 1.807) is 6.07 Å². The molecule has 0 spiro atoms. The van der Waals surface area contributed by atoms with E-state index >= 15 is 0 Å². The molecule has 2 aromatic rings. The maximum absolute atomic E-state index is 13.4. The molecule has 2 rings (SSSR count). The molecule has 0 aliphatic carbocycles. The third-order valence-electron chi connectivity index (χ3n) is 2.13. The zero-order valence-corrected chi connectivity index (χ0v) is 8.05. The Morgan fingerprint density at radius 1 is 1.00 bits per heavy atom. The van der Waals surface area contributed by atoms with Crippen molar-refractivity contribution < 1.29 is 13.2 Å². The van der Waals surface area contributed by atoms with Crippen LogP contribution in [0.15, 0.2) is 30.5 Å². The fraction of sp³-hybridized carbons (Fsp3) is 0. The first-order valence-corrected chi connectivity index (χ1v) is 4.45. The normalized spacial score (nSPS) is 10.4. The van der Waals surface area contributed by atoms with Crippen molar-refractivity contribution in [2.75, 3.05) is 5.73 Å². The van der Waals surface area contributed by atoms with E-state index in [2.05, 4.69) is 4.98 Å². The number of hydrogen-bond donors (Lipinski definition) is 1. The van der Waals surface area contributed by atoms with Gasteiger partial charge in [0.2, 0.25) is 0 Å². The molecule has 1 heterocycles. The molecule has 1 aromatic heterocycles. The first-order valence-electron chi connectivity index (χ1n) is 4.45. The number of benzene rings is 1. The predicted octanol–water partition coefficient (Wildman–Crippen LogP) is 2.75. The standard InChI is InChI=1S/C11H7F3N2/c12-7-4-3-6(9(13)10(7)14)11-8(15)2-1-5-16-11/h1-5H,15H2. The first-order chi connectivity index (χ1) is 7.61. The van der Waals surface area contributed by atoms with Gasteiger partial charge < -0.3 is 5.73 Å². The molecule has 82 valence electrons. The molecule has 0 unspecified atom stereocenters. The third-order valence-corrected chi connectivity index (χ3v) is 2.13. The number of aromatic nitrogens is 1. The fourth-order valence-corrected chi connectivity index (χ4v) is 1.35. The van der Waals surface area contributed by atoms with Gasteiger partial charge in [-0.2, -0.15) is 0 Å². The molecule has 1 aromatic carbocycles. The molecule has 0 bridgehead atoms. The lowest BCUT2D eigenvalue weighted by molar-refractivity contribution is 0.449. The van der Waals surface area contributed by atoms with Gasteiger partial charge in [-0.3, -0.25) is 4.98 Å². The molecule has 0 fully saturated rings. The lowest BCUT2D eigenvalue weighted by atomic mass is 10.1. The Kier molecular flexibility index (Phi) is 2.52. The van der Waals surface area contributed by atoms with Crippen molar-refractivity contribution in [1.29, 1.82) is 0 Å². The van der Waals surface area contributed by atoms with Gasteiger partial charge in [-0.25, -0.2) is 13.2 Å². The summed E-state index contributed by atoms with van der Waals surface area (Å²) in [6, 6.07) is 5.01. The molecule has 0 saturated heterocycles. The van der Waals surface area contributed by atoms with E-state index in [4.69, 9.17) is 5.73 Å². The average molecular weight is 224 g/mol. The summed E-state index contributed by atoms with van der Waals surface area (Å²) in [5.74, 6) is -4.05. The van der Waals surface area contributed by atoms with Crippen LogP contribution in [0.4, 0.5) is 18.9 Å². The highest BCUT2D eigenvalue weighted by Gasteiger charge is 2.16. The summed E-state index contributed by atoms with van der Waals surface area (Å²) in [4.78, 5) is 3.83. The van der Waals surface area contributed by atoms with Gasteiger partial charge in [0.1, 0.15) is 0 Å². The monoisotopic (exact) mass is 224 g/mol. The lowest BCUT2D eigenvalue weighted by Crippen LogP contribution is -1.98. The summed E-state index contributed by atoms with van der Waals surface area (Å²) in [7, 11) is 0. The Hall–Kier alpha value is -2.04. The number of hydrogen-bond acceptors (Lipinski definition) is 2. The van der Waals surface area contributed by atoms with Crippen LogP contribution in [-0.4, -0.2) is 4.98 Å². The summed E-state index contributed by atoms with van der Waals surface area (Å²) in [5, 5.41) is 0. The van der Waals surface area contributed by atoms with E-state index in [9.17, 15) is 13.2 Å². The molecule has 2 nitrogen and oxygen atoms in total. The number of nitrogens with two attached hydrogens (primary N) is 1. The van der Waals surface area contributed by atoms with Gasteiger partial charge >= 0.3 is 0 Å². The van der Waals surface area contributed by atoms with Gasteiger partial charge in [0.05, 0.1) is 11.4 Å². The minimum atomic E-state index is -1.53. The second-order valence-electron chi connectivity index (χ2n) is 3.16. The average Bonchev–Trinajstić information content (AvgIpc) is 2.28. The fourth-order valence-electron chi connectivity index (χ4n) is 1.35. The van der Waals surface area contributed by atoms with Gasteiger partial charge in [0.25, 0.3) is 0 Å². The zero-order valence-electron chi connectivity index (χ0n) is 8.05. The maximum atomic E-state index is 13.4. The van der Waals surface area contributed by atoms with E-state index in [0.29, 0.717) is 0 Å².